The summed E-state index contributed by atoms with van der Waals surface area (Å²) in [6.45, 7) is 2.38. The molecule has 7 nitrogen and oxygen atoms in total. The molecular formula is C18H21N3O4S2. The maximum atomic E-state index is 12.9. The van der Waals surface area contributed by atoms with Gasteiger partial charge >= 0.3 is 0 Å². The summed E-state index contributed by atoms with van der Waals surface area (Å²) in [6, 6.07) is 9.16. The number of nitrogens with zero attached hydrogens (tertiary/aromatic N) is 1. The molecule has 1 saturated heterocycles. The summed E-state index contributed by atoms with van der Waals surface area (Å²) in [5.74, 6) is -1.01. The fourth-order valence-corrected chi connectivity index (χ4v) is 5.38. The highest BCUT2D eigenvalue weighted by Gasteiger charge is 2.31. The Morgan fingerprint density at radius 3 is 2.59 bits per heavy atom. The summed E-state index contributed by atoms with van der Waals surface area (Å²) in [7, 11) is -3.67. The highest BCUT2D eigenvalue weighted by Crippen LogP contribution is 2.25. The first-order valence-corrected chi connectivity index (χ1v) is 11.0. The molecule has 144 valence electrons. The normalized spacial score (nSPS) is 18.0. The van der Waals surface area contributed by atoms with E-state index in [0.717, 1.165) is 19.3 Å². The molecule has 1 aliphatic heterocycles. The monoisotopic (exact) mass is 407 g/mol. The second-order valence-electron chi connectivity index (χ2n) is 6.37. The van der Waals surface area contributed by atoms with Gasteiger partial charge in [-0.25, -0.2) is 8.42 Å². The molecule has 0 spiro atoms. The summed E-state index contributed by atoms with van der Waals surface area (Å²) in [6.07, 6.45) is 2.67. The van der Waals surface area contributed by atoms with Gasteiger partial charge in [-0.15, -0.1) is 11.3 Å². The fourth-order valence-electron chi connectivity index (χ4n) is 3.02. The average molecular weight is 408 g/mol. The zero-order chi connectivity index (χ0) is 19.4. The van der Waals surface area contributed by atoms with Crippen LogP contribution in [-0.4, -0.2) is 37.1 Å². The second kappa shape index (κ2) is 8.20. The Morgan fingerprint density at radius 1 is 1.11 bits per heavy atom. The Kier molecular flexibility index (Phi) is 5.93. The van der Waals surface area contributed by atoms with Gasteiger partial charge in [0.25, 0.3) is 11.8 Å². The van der Waals surface area contributed by atoms with Crippen LogP contribution in [0.15, 0.2) is 46.7 Å². The number of amides is 2. The lowest BCUT2D eigenvalue weighted by molar-refractivity contribution is 0.0848. The van der Waals surface area contributed by atoms with Crippen LogP contribution < -0.4 is 10.9 Å². The van der Waals surface area contributed by atoms with Gasteiger partial charge in [-0.1, -0.05) is 18.6 Å². The van der Waals surface area contributed by atoms with Gasteiger partial charge in [0.15, 0.2) is 0 Å². The van der Waals surface area contributed by atoms with E-state index >= 15 is 0 Å². The van der Waals surface area contributed by atoms with Gasteiger partial charge in [0.2, 0.25) is 10.0 Å². The highest BCUT2D eigenvalue weighted by molar-refractivity contribution is 7.89. The van der Waals surface area contributed by atoms with E-state index < -0.39 is 21.8 Å². The Labute approximate surface area is 162 Å². The predicted octanol–water partition coefficient (Wildman–Crippen LogP) is 2.39. The van der Waals surface area contributed by atoms with Crippen molar-refractivity contribution in [2.24, 2.45) is 0 Å². The van der Waals surface area contributed by atoms with E-state index in [1.807, 2.05) is 6.92 Å². The number of benzene rings is 1. The van der Waals surface area contributed by atoms with Gasteiger partial charge in [0.1, 0.15) is 0 Å². The van der Waals surface area contributed by atoms with Crippen molar-refractivity contribution in [3.63, 3.8) is 0 Å². The molecule has 1 aromatic carbocycles. The van der Waals surface area contributed by atoms with E-state index in [0.29, 0.717) is 11.4 Å². The van der Waals surface area contributed by atoms with Crippen molar-refractivity contribution < 1.29 is 18.0 Å². The van der Waals surface area contributed by atoms with Crippen LogP contribution in [0.25, 0.3) is 0 Å². The first-order chi connectivity index (χ1) is 12.9. The largest absolute Gasteiger partial charge is 0.279 e. The molecule has 1 aromatic heterocycles. The molecule has 2 N–H and O–H groups in total. The molecule has 0 radical (unpaired) electrons. The average Bonchev–Trinajstić information content (AvgIpc) is 3.21. The van der Waals surface area contributed by atoms with Crippen molar-refractivity contribution in [1.82, 2.24) is 15.2 Å². The smallest absolute Gasteiger partial charge is 0.267 e. The van der Waals surface area contributed by atoms with Crippen molar-refractivity contribution in [2.45, 2.75) is 37.1 Å². The van der Waals surface area contributed by atoms with Gasteiger partial charge in [-0.2, -0.15) is 4.31 Å². The molecule has 2 heterocycles. The third-order valence-corrected chi connectivity index (χ3v) is 7.36. The topological polar surface area (TPSA) is 95.6 Å². The summed E-state index contributed by atoms with van der Waals surface area (Å²) in [4.78, 5) is 24.7. The quantitative estimate of drug-likeness (QED) is 0.761. The molecule has 3 rings (SSSR count). The number of hydrazine groups is 1. The zero-order valence-electron chi connectivity index (χ0n) is 14.8. The lowest BCUT2D eigenvalue weighted by Crippen LogP contribution is -2.42. The van der Waals surface area contributed by atoms with Gasteiger partial charge in [0.05, 0.1) is 9.77 Å². The standard InChI is InChI=1S/C18H21N3O4S2/c1-13-6-2-3-10-21(13)27(24,25)15-8-4-7-14(12-15)17(22)19-20-18(23)16-9-5-11-26-16/h4-5,7-9,11-13H,2-3,6,10H2,1H3,(H,19,22)(H,20,23)/t13-/m1/s1. The molecule has 1 fully saturated rings. The number of hydrogen-bond donors (Lipinski definition) is 2. The minimum Gasteiger partial charge on any atom is -0.267 e. The summed E-state index contributed by atoms with van der Waals surface area (Å²) in [5.41, 5.74) is 4.80. The summed E-state index contributed by atoms with van der Waals surface area (Å²) < 4.78 is 27.3. The van der Waals surface area contributed by atoms with E-state index in [1.54, 1.807) is 17.5 Å². The van der Waals surface area contributed by atoms with Crippen LogP contribution >= 0.6 is 11.3 Å². The molecule has 2 aromatic rings. The van der Waals surface area contributed by atoms with Crippen LogP contribution in [0.4, 0.5) is 0 Å². The maximum Gasteiger partial charge on any atom is 0.279 e. The predicted molar refractivity (Wildman–Crippen MR) is 103 cm³/mol. The van der Waals surface area contributed by atoms with E-state index in [2.05, 4.69) is 10.9 Å². The Hall–Kier alpha value is -2.23. The van der Waals surface area contributed by atoms with E-state index in [1.165, 1.54) is 39.9 Å². The lowest BCUT2D eigenvalue weighted by atomic mass is 10.1. The Balaban J connectivity index is 1.72. The van der Waals surface area contributed by atoms with Crippen LogP contribution in [0.3, 0.4) is 0 Å². The minimum absolute atomic E-state index is 0.0636. The van der Waals surface area contributed by atoms with E-state index in [4.69, 9.17) is 0 Å². The molecule has 0 bridgehead atoms. The van der Waals surface area contributed by atoms with E-state index in [-0.39, 0.29) is 16.5 Å². The fraction of sp³-hybridized carbons (Fsp3) is 0.333. The van der Waals surface area contributed by atoms with Crippen LogP contribution in [0.1, 0.15) is 46.2 Å². The first-order valence-electron chi connectivity index (χ1n) is 8.65. The Morgan fingerprint density at radius 2 is 1.89 bits per heavy atom. The van der Waals surface area contributed by atoms with Gasteiger partial charge in [0, 0.05) is 18.2 Å². The molecule has 2 amide bonds. The van der Waals surface area contributed by atoms with Gasteiger partial charge < -0.3 is 0 Å². The summed E-state index contributed by atoms with van der Waals surface area (Å²) >= 11 is 1.25. The highest BCUT2D eigenvalue weighted by atomic mass is 32.2. The molecule has 9 heteroatoms. The van der Waals surface area contributed by atoms with Crippen molar-refractivity contribution >= 4 is 33.2 Å². The number of nitrogens with one attached hydrogen (secondary N) is 2. The first kappa shape index (κ1) is 19.5. The number of rotatable bonds is 4. The maximum absolute atomic E-state index is 12.9. The van der Waals surface area contributed by atoms with Crippen molar-refractivity contribution in [2.75, 3.05) is 6.54 Å². The SMILES string of the molecule is C[C@@H]1CCCCN1S(=O)(=O)c1cccc(C(=O)NNC(=O)c2cccs2)c1. The molecule has 0 aliphatic carbocycles. The van der Waals surface area contributed by atoms with Crippen LogP contribution in [0.5, 0.6) is 0 Å². The molecule has 0 saturated carbocycles. The molecule has 0 unspecified atom stereocenters. The minimum atomic E-state index is -3.67. The number of hydrogen-bond acceptors (Lipinski definition) is 5. The third kappa shape index (κ3) is 4.37. The van der Waals surface area contributed by atoms with Crippen molar-refractivity contribution in [3.8, 4) is 0 Å². The van der Waals surface area contributed by atoms with Crippen LogP contribution in [0.2, 0.25) is 0 Å². The lowest BCUT2D eigenvalue weighted by Gasteiger charge is -2.32. The number of sulfonamides is 1. The number of thiophene rings is 1. The van der Waals surface area contributed by atoms with Gasteiger partial charge in [-0.3, -0.25) is 20.4 Å². The molecule has 1 atom stereocenters. The summed E-state index contributed by atoms with van der Waals surface area (Å²) in [5, 5.41) is 1.76. The molecule has 1 aliphatic rings. The number of piperidine rings is 1. The second-order valence-corrected chi connectivity index (χ2v) is 9.21. The third-order valence-electron chi connectivity index (χ3n) is 4.48. The van der Waals surface area contributed by atoms with Gasteiger partial charge in [-0.05, 0) is 49.4 Å². The number of carbonyl (C=O) groups is 2. The number of carbonyl (C=O) groups excluding carboxylic acids is 2. The van der Waals surface area contributed by atoms with Crippen molar-refractivity contribution in [1.29, 1.82) is 0 Å². The zero-order valence-corrected chi connectivity index (χ0v) is 16.5. The molecule has 27 heavy (non-hydrogen) atoms. The van der Waals surface area contributed by atoms with E-state index in [9.17, 15) is 18.0 Å². The molecular weight excluding hydrogens is 386 g/mol. The van der Waals surface area contributed by atoms with Crippen LogP contribution in [0, 0.1) is 0 Å². The van der Waals surface area contributed by atoms with Crippen molar-refractivity contribution in [3.05, 3.63) is 52.2 Å². The Bertz CT molecular complexity index is 926. The van der Waals surface area contributed by atoms with Crippen LogP contribution in [-0.2, 0) is 10.0 Å².